The van der Waals surface area contributed by atoms with Crippen molar-refractivity contribution in [3.05, 3.63) is 9.98 Å². The number of rotatable bonds is 5. The summed E-state index contributed by atoms with van der Waals surface area (Å²) in [5, 5.41) is 6.36. The lowest BCUT2D eigenvalue weighted by molar-refractivity contribution is 0.687. The van der Waals surface area contributed by atoms with E-state index in [0.29, 0.717) is 0 Å². The highest BCUT2D eigenvalue weighted by atomic mass is 79.9. The summed E-state index contributed by atoms with van der Waals surface area (Å²) in [4.78, 5) is 4.27. The van der Waals surface area contributed by atoms with Crippen molar-refractivity contribution in [3.8, 4) is 0 Å². The maximum atomic E-state index is 4.27. The third-order valence-electron chi connectivity index (χ3n) is 2.24. The Kier molecular flexibility index (Phi) is 3.22. The SMILES string of the molecule is Brc1csc(NCCCC2CC2)n1. The van der Waals surface area contributed by atoms with Crippen molar-refractivity contribution in [1.29, 1.82) is 0 Å². The number of nitrogens with one attached hydrogen (secondary N) is 1. The molecule has 1 heterocycles. The molecule has 72 valence electrons. The van der Waals surface area contributed by atoms with Crippen molar-refractivity contribution in [3.63, 3.8) is 0 Å². The number of anilines is 1. The van der Waals surface area contributed by atoms with Crippen LogP contribution in [0.25, 0.3) is 0 Å². The van der Waals surface area contributed by atoms with Crippen molar-refractivity contribution >= 4 is 32.4 Å². The van der Waals surface area contributed by atoms with Gasteiger partial charge in [0.2, 0.25) is 0 Å². The fourth-order valence-electron chi connectivity index (χ4n) is 1.33. The third kappa shape index (κ3) is 3.27. The predicted molar refractivity (Wildman–Crippen MR) is 60.3 cm³/mol. The zero-order valence-corrected chi connectivity index (χ0v) is 9.83. The molecule has 1 saturated carbocycles. The van der Waals surface area contributed by atoms with Crippen molar-refractivity contribution in [2.45, 2.75) is 25.7 Å². The van der Waals surface area contributed by atoms with E-state index in [1.165, 1.54) is 25.7 Å². The van der Waals surface area contributed by atoms with Crippen LogP contribution in [0.3, 0.4) is 0 Å². The first-order chi connectivity index (χ1) is 6.34. The maximum Gasteiger partial charge on any atom is 0.183 e. The summed E-state index contributed by atoms with van der Waals surface area (Å²) < 4.78 is 0.933. The molecule has 0 amide bonds. The Hall–Kier alpha value is -0.0900. The van der Waals surface area contributed by atoms with Gasteiger partial charge in [0.1, 0.15) is 4.60 Å². The van der Waals surface area contributed by atoms with Gasteiger partial charge < -0.3 is 5.32 Å². The van der Waals surface area contributed by atoms with Crippen molar-refractivity contribution in [1.82, 2.24) is 4.98 Å². The summed E-state index contributed by atoms with van der Waals surface area (Å²) >= 11 is 4.99. The van der Waals surface area contributed by atoms with Gasteiger partial charge in [0.15, 0.2) is 5.13 Å². The summed E-state index contributed by atoms with van der Waals surface area (Å²) in [5.74, 6) is 1.05. The van der Waals surface area contributed by atoms with Crippen LogP contribution in [0.1, 0.15) is 25.7 Å². The van der Waals surface area contributed by atoms with Crippen LogP contribution in [-0.2, 0) is 0 Å². The van der Waals surface area contributed by atoms with E-state index in [4.69, 9.17) is 0 Å². The first kappa shape index (κ1) is 9.46. The van der Waals surface area contributed by atoms with E-state index in [-0.39, 0.29) is 0 Å². The van der Waals surface area contributed by atoms with E-state index in [9.17, 15) is 0 Å². The molecule has 0 radical (unpaired) electrons. The van der Waals surface area contributed by atoms with Crippen LogP contribution < -0.4 is 5.32 Å². The highest BCUT2D eigenvalue weighted by molar-refractivity contribution is 9.10. The Morgan fingerprint density at radius 1 is 1.62 bits per heavy atom. The molecule has 0 bridgehead atoms. The minimum atomic E-state index is 0.933. The second-order valence-corrected chi connectivity index (χ2v) is 5.16. The third-order valence-corrected chi connectivity index (χ3v) is 3.75. The Morgan fingerprint density at radius 3 is 3.08 bits per heavy atom. The highest BCUT2D eigenvalue weighted by Gasteiger charge is 2.19. The Bertz CT molecular complexity index is 270. The number of hydrogen-bond donors (Lipinski definition) is 1. The lowest BCUT2D eigenvalue weighted by Gasteiger charge is -2.00. The molecule has 1 aliphatic rings. The number of thiazole rings is 1. The smallest absolute Gasteiger partial charge is 0.183 e. The van der Waals surface area contributed by atoms with Crippen LogP contribution in [0.4, 0.5) is 5.13 Å². The molecule has 13 heavy (non-hydrogen) atoms. The Morgan fingerprint density at radius 2 is 2.46 bits per heavy atom. The average molecular weight is 261 g/mol. The molecule has 1 aromatic heterocycles. The Labute approximate surface area is 90.9 Å². The number of halogens is 1. The largest absolute Gasteiger partial charge is 0.361 e. The van der Waals surface area contributed by atoms with E-state index in [1.807, 2.05) is 5.38 Å². The van der Waals surface area contributed by atoms with Gasteiger partial charge >= 0.3 is 0 Å². The van der Waals surface area contributed by atoms with Crippen molar-refractivity contribution in [2.75, 3.05) is 11.9 Å². The van der Waals surface area contributed by atoms with Crippen LogP contribution in [0.5, 0.6) is 0 Å². The second kappa shape index (κ2) is 4.42. The first-order valence-electron chi connectivity index (χ1n) is 4.69. The molecule has 0 atom stereocenters. The van der Waals surface area contributed by atoms with Gasteiger partial charge in [-0.25, -0.2) is 4.98 Å². The predicted octanol–water partition coefficient (Wildman–Crippen LogP) is 3.51. The molecule has 2 nitrogen and oxygen atoms in total. The van der Waals surface area contributed by atoms with Gasteiger partial charge in [-0.2, -0.15) is 0 Å². The van der Waals surface area contributed by atoms with Gasteiger partial charge in [0, 0.05) is 11.9 Å². The molecule has 2 rings (SSSR count). The molecular weight excluding hydrogens is 248 g/mol. The van der Waals surface area contributed by atoms with E-state index in [0.717, 1.165) is 22.2 Å². The summed E-state index contributed by atoms with van der Waals surface area (Å²) in [5.41, 5.74) is 0. The summed E-state index contributed by atoms with van der Waals surface area (Å²) in [6.45, 7) is 1.07. The zero-order valence-electron chi connectivity index (χ0n) is 7.42. The lowest BCUT2D eigenvalue weighted by atomic mass is 10.2. The monoisotopic (exact) mass is 260 g/mol. The van der Waals surface area contributed by atoms with Crippen LogP contribution in [-0.4, -0.2) is 11.5 Å². The minimum absolute atomic E-state index is 0.933. The fraction of sp³-hybridized carbons (Fsp3) is 0.667. The van der Waals surface area contributed by atoms with Crippen molar-refractivity contribution in [2.24, 2.45) is 5.92 Å². The molecule has 0 saturated heterocycles. The quantitative estimate of drug-likeness (QED) is 0.820. The molecule has 0 spiro atoms. The molecule has 1 N–H and O–H groups in total. The molecule has 1 aromatic rings. The van der Waals surface area contributed by atoms with Crippen LogP contribution >= 0.6 is 27.3 Å². The van der Waals surface area contributed by atoms with Gasteiger partial charge in [-0.05, 0) is 34.7 Å². The van der Waals surface area contributed by atoms with E-state index >= 15 is 0 Å². The van der Waals surface area contributed by atoms with E-state index in [1.54, 1.807) is 11.3 Å². The minimum Gasteiger partial charge on any atom is -0.361 e. The zero-order chi connectivity index (χ0) is 9.10. The summed E-state index contributed by atoms with van der Waals surface area (Å²) in [7, 11) is 0. The van der Waals surface area contributed by atoms with E-state index < -0.39 is 0 Å². The van der Waals surface area contributed by atoms with Gasteiger partial charge in [-0.15, -0.1) is 11.3 Å². The molecule has 0 aromatic carbocycles. The van der Waals surface area contributed by atoms with Crippen LogP contribution in [0.2, 0.25) is 0 Å². The normalized spacial score (nSPS) is 16.1. The first-order valence-corrected chi connectivity index (χ1v) is 6.37. The number of nitrogens with zero attached hydrogens (tertiary/aromatic N) is 1. The molecule has 0 unspecified atom stereocenters. The average Bonchev–Trinajstić information content (AvgIpc) is 2.84. The van der Waals surface area contributed by atoms with Gasteiger partial charge in [0.25, 0.3) is 0 Å². The standard InChI is InChI=1S/C9H13BrN2S/c10-8-6-13-9(12-8)11-5-1-2-7-3-4-7/h6-7H,1-5H2,(H,11,12). The van der Waals surface area contributed by atoms with Crippen LogP contribution in [0.15, 0.2) is 9.98 Å². The number of hydrogen-bond acceptors (Lipinski definition) is 3. The lowest BCUT2D eigenvalue weighted by Crippen LogP contribution is -2.00. The van der Waals surface area contributed by atoms with E-state index in [2.05, 4.69) is 26.2 Å². The molecule has 1 aliphatic carbocycles. The fourth-order valence-corrected chi connectivity index (χ4v) is 2.50. The topological polar surface area (TPSA) is 24.9 Å². The Balaban J connectivity index is 1.61. The molecular formula is C9H13BrN2S. The van der Waals surface area contributed by atoms with Crippen LogP contribution in [0, 0.1) is 5.92 Å². The maximum absolute atomic E-state index is 4.27. The molecule has 1 fully saturated rings. The highest BCUT2D eigenvalue weighted by Crippen LogP contribution is 2.33. The van der Waals surface area contributed by atoms with Crippen molar-refractivity contribution < 1.29 is 0 Å². The van der Waals surface area contributed by atoms with Gasteiger partial charge in [-0.1, -0.05) is 12.8 Å². The second-order valence-electron chi connectivity index (χ2n) is 3.49. The molecule has 4 heteroatoms. The van der Waals surface area contributed by atoms with Gasteiger partial charge in [-0.3, -0.25) is 0 Å². The molecule has 0 aliphatic heterocycles. The summed E-state index contributed by atoms with van der Waals surface area (Å²) in [6.07, 6.45) is 5.59. The summed E-state index contributed by atoms with van der Waals surface area (Å²) in [6, 6.07) is 0. The number of aromatic nitrogens is 1. The van der Waals surface area contributed by atoms with Gasteiger partial charge in [0.05, 0.1) is 0 Å².